The van der Waals surface area contributed by atoms with E-state index in [1.165, 1.54) is 0 Å². The van der Waals surface area contributed by atoms with Crippen molar-refractivity contribution < 1.29 is 4.79 Å². The van der Waals surface area contributed by atoms with E-state index >= 15 is 0 Å². The molecule has 0 unspecified atom stereocenters. The van der Waals surface area contributed by atoms with Gasteiger partial charge in [-0.25, -0.2) is 4.99 Å². The van der Waals surface area contributed by atoms with Crippen LogP contribution in [0.2, 0.25) is 0 Å². The molecule has 0 atom stereocenters. The van der Waals surface area contributed by atoms with Gasteiger partial charge in [0.1, 0.15) is 11.5 Å². The van der Waals surface area contributed by atoms with Crippen LogP contribution in [0, 0.1) is 0 Å². The zero-order valence-corrected chi connectivity index (χ0v) is 10.2. The Morgan fingerprint density at radius 1 is 1.24 bits per heavy atom. The van der Waals surface area contributed by atoms with Crippen molar-refractivity contribution in [2.75, 3.05) is 21.1 Å². The van der Waals surface area contributed by atoms with Gasteiger partial charge in [-0.2, -0.15) is 0 Å². The number of likely N-dealkylation sites (N-methyl/N-ethyl adjacent to an activating group) is 1. The first-order valence-electron chi connectivity index (χ1n) is 5.40. The van der Waals surface area contributed by atoms with Crippen molar-refractivity contribution in [3.8, 4) is 0 Å². The molecule has 1 amide bonds. The molecule has 0 N–H and O–H groups in total. The quantitative estimate of drug-likeness (QED) is 0.717. The molecule has 2 rings (SSSR count). The molecule has 1 aliphatic rings. The fourth-order valence-corrected chi connectivity index (χ4v) is 1.68. The SMILES string of the molecule is CN(C)/C=C1/N=C(c2ccccc2)N(C)C1=O. The minimum atomic E-state index is -0.0717. The van der Waals surface area contributed by atoms with E-state index in [0.29, 0.717) is 11.5 Å². The topological polar surface area (TPSA) is 35.9 Å². The number of nitrogens with zero attached hydrogens (tertiary/aromatic N) is 3. The second-order valence-corrected chi connectivity index (χ2v) is 4.14. The first-order chi connectivity index (χ1) is 8.09. The lowest BCUT2D eigenvalue weighted by Crippen LogP contribution is -2.28. The number of carbonyl (C=O) groups excluding carboxylic acids is 1. The molecule has 88 valence electrons. The van der Waals surface area contributed by atoms with Gasteiger partial charge >= 0.3 is 0 Å². The van der Waals surface area contributed by atoms with Crippen molar-refractivity contribution in [3.63, 3.8) is 0 Å². The van der Waals surface area contributed by atoms with Crippen LogP contribution in [-0.4, -0.2) is 42.7 Å². The maximum Gasteiger partial charge on any atom is 0.279 e. The third-order valence-corrected chi connectivity index (χ3v) is 2.48. The molecule has 1 aromatic rings. The molecule has 0 radical (unpaired) electrons. The Bertz CT molecular complexity index is 489. The summed E-state index contributed by atoms with van der Waals surface area (Å²) in [6.45, 7) is 0. The molecule has 0 aliphatic carbocycles. The molecule has 17 heavy (non-hydrogen) atoms. The zero-order valence-electron chi connectivity index (χ0n) is 10.2. The van der Waals surface area contributed by atoms with Crippen LogP contribution >= 0.6 is 0 Å². The lowest BCUT2D eigenvalue weighted by molar-refractivity contribution is -0.121. The monoisotopic (exact) mass is 229 g/mol. The molecule has 4 heteroatoms. The summed E-state index contributed by atoms with van der Waals surface area (Å²) in [5.74, 6) is 0.626. The van der Waals surface area contributed by atoms with Crippen molar-refractivity contribution >= 4 is 11.7 Å². The summed E-state index contributed by atoms with van der Waals surface area (Å²) >= 11 is 0. The molecule has 0 spiro atoms. The highest BCUT2D eigenvalue weighted by Gasteiger charge is 2.27. The van der Waals surface area contributed by atoms with Crippen LogP contribution < -0.4 is 0 Å². The number of hydrogen-bond acceptors (Lipinski definition) is 3. The fourth-order valence-electron chi connectivity index (χ4n) is 1.68. The van der Waals surface area contributed by atoms with Gasteiger partial charge in [-0.1, -0.05) is 30.3 Å². The first-order valence-corrected chi connectivity index (χ1v) is 5.40. The van der Waals surface area contributed by atoms with Gasteiger partial charge in [0.15, 0.2) is 0 Å². The fraction of sp³-hybridized carbons (Fsp3) is 0.231. The van der Waals surface area contributed by atoms with Gasteiger partial charge in [0.25, 0.3) is 5.91 Å². The summed E-state index contributed by atoms with van der Waals surface area (Å²) in [5, 5.41) is 0. The van der Waals surface area contributed by atoms with E-state index in [9.17, 15) is 4.79 Å². The third-order valence-electron chi connectivity index (χ3n) is 2.48. The van der Waals surface area contributed by atoms with E-state index in [-0.39, 0.29) is 5.91 Å². The Hall–Kier alpha value is -2.10. The van der Waals surface area contributed by atoms with Crippen LogP contribution in [0.5, 0.6) is 0 Å². The smallest absolute Gasteiger partial charge is 0.279 e. The van der Waals surface area contributed by atoms with Crippen molar-refractivity contribution in [2.24, 2.45) is 4.99 Å². The number of amides is 1. The predicted molar refractivity (Wildman–Crippen MR) is 67.5 cm³/mol. The van der Waals surface area contributed by atoms with Gasteiger partial charge in [-0.15, -0.1) is 0 Å². The first kappa shape index (κ1) is 11.4. The second kappa shape index (κ2) is 4.41. The van der Waals surface area contributed by atoms with Crippen molar-refractivity contribution in [3.05, 3.63) is 47.8 Å². The molecule has 1 aromatic carbocycles. The van der Waals surface area contributed by atoms with Gasteiger partial charge in [0.05, 0.1) is 0 Å². The Morgan fingerprint density at radius 2 is 1.88 bits per heavy atom. The molecule has 0 bridgehead atoms. The summed E-state index contributed by atoms with van der Waals surface area (Å²) in [6.07, 6.45) is 1.73. The highest BCUT2D eigenvalue weighted by Crippen LogP contribution is 2.17. The van der Waals surface area contributed by atoms with Crippen molar-refractivity contribution in [1.82, 2.24) is 9.80 Å². The summed E-state index contributed by atoms with van der Waals surface area (Å²) in [5.41, 5.74) is 1.42. The lowest BCUT2D eigenvalue weighted by Gasteiger charge is -2.11. The Kier molecular flexibility index (Phi) is 2.95. The lowest BCUT2D eigenvalue weighted by atomic mass is 10.2. The maximum atomic E-state index is 11.9. The average molecular weight is 229 g/mol. The van der Waals surface area contributed by atoms with Crippen LogP contribution in [0.1, 0.15) is 5.56 Å². The van der Waals surface area contributed by atoms with E-state index in [1.54, 1.807) is 18.1 Å². The standard InChI is InChI=1S/C13H15N3O/c1-15(2)9-11-13(17)16(3)12(14-11)10-7-5-4-6-8-10/h4-9H,1-3H3/b11-9+. The predicted octanol–water partition coefficient (Wildman–Crippen LogP) is 1.31. The number of rotatable bonds is 2. The molecule has 1 heterocycles. The van der Waals surface area contributed by atoms with Gasteiger partial charge < -0.3 is 4.90 Å². The number of aliphatic imine (C=N–C) groups is 1. The number of carbonyl (C=O) groups is 1. The van der Waals surface area contributed by atoms with Crippen LogP contribution in [-0.2, 0) is 4.79 Å². The molecule has 0 saturated carbocycles. The van der Waals surface area contributed by atoms with E-state index in [1.807, 2.05) is 49.3 Å². The Balaban J connectivity index is 2.40. The van der Waals surface area contributed by atoms with E-state index in [2.05, 4.69) is 4.99 Å². The van der Waals surface area contributed by atoms with E-state index < -0.39 is 0 Å². The summed E-state index contributed by atoms with van der Waals surface area (Å²) in [6, 6.07) is 9.70. The highest BCUT2D eigenvalue weighted by molar-refractivity contribution is 6.17. The average Bonchev–Trinajstić information content (AvgIpc) is 2.58. The molecule has 1 aliphatic heterocycles. The zero-order chi connectivity index (χ0) is 12.4. The van der Waals surface area contributed by atoms with Crippen molar-refractivity contribution in [2.45, 2.75) is 0 Å². The molecule has 0 saturated heterocycles. The summed E-state index contributed by atoms with van der Waals surface area (Å²) < 4.78 is 0. The highest BCUT2D eigenvalue weighted by atomic mass is 16.2. The summed E-state index contributed by atoms with van der Waals surface area (Å²) in [7, 11) is 5.48. The normalized spacial score (nSPS) is 17.6. The minimum absolute atomic E-state index is 0.0717. The summed E-state index contributed by atoms with van der Waals surface area (Å²) in [4.78, 5) is 19.7. The van der Waals surface area contributed by atoms with Crippen LogP contribution in [0.4, 0.5) is 0 Å². The number of benzene rings is 1. The molecular formula is C13H15N3O. The Labute approximate surface area is 101 Å². The van der Waals surface area contributed by atoms with Gasteiger partial charge in [-0.05, 0) is 0 Å². The molecular weight excluding hydrogens is 214 g/mol. The van der Waals surface area contributed by atoms with E-state index in [0.717, 1.165) is 5.56 Å². The van der Waals surface area contributed by atoms with Crippen LogP contribution in [0.3, 0.4) is 0 Å². The van der Waals surface area contributed by atoms with E-state index in [4.69, 9.17) is 0 Å². The second-order valence-electron chi connectivity index (χ2n) is 4.14. The molecule has 0 aromatic heterocycles. The third kappa shape index (κ3) is 2.20. The van der Waals surface area contributed by atoms with Gasteiger partial charge in [-0.3, -0.25) is 9.69 Å². The maximum absolute atomic E-state index is 11.9. The minimum Gasteiger partial charge on any atom is -0.382 e. The number of amidine groups is 1. The molecule has 0 fully saturated rings. The van der Waals surface area contributed by atoms with Crippen molar-refractivity contribution in [1.29, 1.82) is 0 Å². The van der Waals surface area contributed by atoms with Gasteiger partial charge in [0.2, 0.25) is 0 Å². The van der Waals surface area contributed by atoms with Crippen LogP contribution in [0.25, 0.3) is 0 Å². The van der Waals surface area contributed by atoms with Crippen LogP contribution in [0.15, 0.2) is 47.2 Å². The number of hydrogen-bond donors (Lipinski definition) is 0. The van der Waals surface area contributed by atoms with Gasteiger partial charge in [0, 0.05) is 32.9 Å². The largest absolute Gasteiger partial charge is 0.382 e. The Morgan fingerprint density at radius 3 is 2.47 bits per heavy atom. The molecule has 4 nitrogen and oxygen atoms in total.